The number of aromatic hydroxyl groups is 1. The maximum atomic E-state index is 12.1. The molecular weight excluding hydrogens is 379 g/mol. The van der Waals surface area contributed by atoms with Gasteiger partial charge in [-0.2, -0.15) is 0 Å². The summed E-state index contributed by atoms with van der Waals surface area (Å²) >= 11 is 8.03. The Kier molecular flexibility index (Phi) is 4.16. The summed E-state index contributed by atoms with van der Waals surface area (Å²) in [6, 6.07) is 9.57. The highest BCUT2D eigenvalue weighted by Crippen LogP contribution is 2.26. The Balaban J connectivity index is 2.30. The fourth-order valence-electron chi connectivity index (χ4n) is 1.52. The number of hydrogen-bond acceptors (Lipinski definition) is 3. The molecule has 4 N–H and O–H groups in total. The molecule has 0 saturated heterocycles. The first-order valence-electron chi connectivity index (χ1n) is 5.32. The monoisotopic (exact) mass is 388 g/mol. The minimum atomic E-state index is -0.441. The molecule has 98 valence electrons. The normalized spacial score (nSPS) is 10.2. The number of phenols is 1. The van der Waals surface area contributed by atoms with Crippen molar-refractivity contribution in [2.24, 2.45) is 0 Å². The van der Waals surface area contributed by atoms with Crippen LogP contribution in [0.3, 0.4) is 0 Å². The zero-order chi connectivity index (χ0) is 14.0. The van der Waals surface area contributed by atoms with Crippen LogP contribution in [0, 0.1) is 3.57 Å². The molecule has 0 bridgehead atoms. The molecule has 0 saturated carbocycles. The molecular formula is C13H10ClIN2O2. The molecule has 0 unspecified atom stereocenters. The van der Waals surface area contributed by atoms with Crippen LogP contribution in [0.5, 0.6) is 5.75 Å². The van der Waals surface area contributed by atoms with Gasteiger partial charge in [0.15, 0.2) is 0 Å². The van der Waals surface area contributed by atoms with Gasteiger partial charge in [-0.25, -0.2) is 0 Å². The third kappa shape index (κ3) is 3.30. The van der Waals surface area contributed by atoms with Crippen molar-refractivity contribution < 1.29 is 9.90 Å². The second-order valence-corrected chi connectivity index (χ2v) is 5.51. The lowest BCUT2D eigenvalue weighted by Gasteiger charge is -2.09. The van der Waals surface area contributed by atoms with E-state index in [0.717, 1.165) is 3.57 Å². The van der Waals surface area contributed by atoms with E-state index < -0.39 is 5.91 Å². The average molecular weight is 389 g/mol. The Morgan fingerprint density at radius 2 is 2.00 bits per heavy atom. The smallest absolute Gasteiger partial charge is 0.259 e. The number of nitrogen functional groups attached to an aromatic ring is 1. The summed E-state index contributed by atoms with van der Waals surface area (Å²) in [5, 5.41) is 12.7. The van der Waals surface area contributed by atoms with Crippen LogP contribution >= 0.6 is 34.2 Å². The van der Waals surface area contributed by atoms with Crippen LogP contribution in [0.2, 0.25) is 5.02 Å². The van der Waals surface area contributed by atoms with E-state index in [1.807, 2.05) is 0 Å². The number of benzene rings is 2. The molecule has 0 aliphatic heterocycles. The summed E-state index contributed by atoms with van der Waals surface area (Å²) in [7, 11) is 0. The molecule has 1 amide bonds. The van der Waals surface area contributed by atoms with Crippen molar-refractivity contribution in [3.8, 4) is 5.75 Å². The zero-order valence-corrected chi connectivity index (χ0v) is 12.6. The van der Waals surface area contributed by atoms with Gasteiger partial charge in [0.1, 0.15) is 5.75 Å². The Morgan fingerprint density at radius 1 is 1.26 bits per heavy atom. The number of amides is 1. The first-order valence-corrected chi connectivity index (χ1v) is 6.78. The number of carbonyl (C=O) groups is 1. The highest BCUT2D eigenvalue weighted by atomic mass is 127. The third-order valence-electron chi connectivity index (χ3n) is 2.44. The molecule has 0 atom stereocenters. The minimum Gasteiger partial charge on any atom is -0.507 e. The summed E-state index contributed by atoms with van der Waals surface area (Å²) in [5.74, 6) is -0.526. The second kappa shape index (κ2) is 5.66. The Bertz CT molecular complexity index is 647. The predicted molar refractivity (Wildman–Crippen MR) is 84.6 cm³/mol. The van der Waals surface area contributed by atoms with Gasteiger partial charge in [0.05, 0.1) is 16.3 Å². The van der Waals surface area contributed by atoms with E-state index in [1.165, 1.54) is 6.07 Å². The Labute approximate surface area is 128 Å². The van der Waals surface area contributed by atoms with E-state index >= 15 is 0 Å². The summed E-state index contributed by atoms with van der Waals surface area (Å²) in [5.41, 5.74) is 6.72. The summed E-state index contributed by atoms with van der Waals surface area (Å²) in [6.07, 6.45) is 0. The highest BCUT2D eigenvalue weighted by Gasteiger charge is 2.13. The van der Waals surface area contributed by atoms with Crippen molar-refractivity contribution >= 4 is 51.5 Å². The van der Waals surface area contributed by atoms with Crippen molar-refractivity contribution in [3.63, 3.8) is 0 Å². The quantitative estimate of drug-likeness (QED) is 0.544. The fourth-order valence-corrected chi connectivity index (χ4v) is 2.17. The average Bonchev–Trinajstić information content (AvgIpc) is 2.36. The van der Waals surface area contributed by atoms with Crippen LogP contribution in [0.25, 0.3) is 0 Å². The maximum Gasteiger partial charge on any atom is 0.259 e. The first-order chi connectivity index (χ1) is 8.97. The van der Waals surface area contributed by atoms with Crippen LogP contribution in [0.4, 0.5) is 11.4 Å². The SMILES string of the molecule is Nc1ccc(Cl)c(NC(=O)c2cc(I)ccc2O)c1. The second-order valence-electron chi connectivity index (χ2n) is 3.85. The van der Waals surface area contributed by atoms with Crippen LogP contribution in [-0.2, 0) is 0 Å². The lowest BCUT2D eigenvalue weighted by atomic mass is 10.2. The van der Waals surface area contributed by atoms with Crippen molar-refractivity contribution in [1.82, 2.24) is 0 Å². The number of carbonyl (C=O) groups excluding carboxylic acids is 1. The highest BCUT2D eigenvalue weighted by molar-refractivity contribution is 14.1. The minimum absolute atomic E-state index is 0.0852. The van der Waals surface area contributed by atoms with Crippen molar-refractivity contribution in [2.75, 3.05) is 11.1 Å². The molecule has 0 spiro atoms. The first kappa shape index (κ1) is 14.0. The zero-order valence-electron chi connectivity index (χ0n) is 9.65. The molecule has 0 aliphatic rings. The molecule has 0 fully saturated rings. The number of nitrogens with one attached hydrogen (secondary N) is 1. The topological polar surface area (TPSA) is 75.3 Å². The van der Waals surface area contributed by atoms with E-state index in [1.54, 1.807) is 30.3 Å². The lowest BCUT2D eigenvalue weighted by Crippen LogP contribution is -2.13. The van der Waals surface area contributed by atoms with Gasteiger partial charge < -0.3 is 16.2 Å². The number of hydrogen-bond donors (Lipinski definition) is 3. The summed E-state index contributed by atoms with van der Waals surface area (Å²) < 4.78 is 0.847. The van der Waals surface area contributed by atoms with E-state index in [9.17, 15) is 9.90 Å². The molecule has 0 aliphatic carbocycles. The largest absolute Gasteiger partial charge is 0.507 e. The van der Waals surface area contributed by atoms with E-state index in [4.69, 9.17) is 17.3 Å². The van der Waals surface area contributed by atoms with Gasteiger partial charge in [0.25, 0.3) is 5.91 Å². The molecule has 2 aromatic carbocycles. The Hall–Kier alpha value is -1.47. The third-order valence-corrected chi connectivity index (χ3v) is 3.44. The molecule has 2 rings (SSSR count). The molecule has 0 heterocycles. The molecule has 4 nitrogen and oxygen atoms in total. The molecule has 2 aromatic rings. The summed E-state index contributed by atoms with van der Waals surface area (Å²) in [4.78, 5) is 12.1. The number of rotatable bonds is 2. The maximum absolute atomic E-state index is 12.1. The molecule has 6 heteroatoms. The lowest BCUT2D eigenvalue weighted by molar-refractivity contribution is 0.102. The van der Waals surface area contributed by atoms with Gasteiger partial charge in [0, 0.05) is 9.26 Å². The van der Waals surface area contributed by atoms with Gasteiger partial charge in [-0.3, -0.25) is 4.79 Å². The van der Waals surface area contributed by atoms with Gasteiger partial charge in [0.2, 0.25) is 0 Å². The number of anilines is 2. The van der Waals surface area contributed by atoms with Gasteiger partial charge in [-0.1, -0.05) is 11.6 Å². The van der Waals surface area contributed by atoms with E-state index in [-0.39, 0.29) is 11.3 Å². The molecule has 0 aromatic heterocycles. The standard InChI is InChI=1S/C13H10ClIN2O2/c14-10-3-2-8(16)6-11(10)17-13(19)9-5-7(15)1-4-12(9)18/h1-6,18H,16H2,(H,17,19). The Morgan fingerprint density at radius 3 is 2.74 bits per heavy atom. The summed E-state index contributed by atoms with van der Waals surface area (Å²) in [6.45, 7) is 0. The van der Waals surface area contributed by atoms with Crippen molar-refractivity contribution in [2.45, 2.75) is 0 Å². The number of phenolic OH excluding ortho intramolecular Hbond substituents is 1. The fraction of sp³-hybridized carbons (Fsp3) is 0. The molecule has 0 radical (unpaired) electrons. The van der Waals surface area contributed by atoms with E-state index in [2.05, 4.69) is 27.9 Å². The van der Waals surface area contributed by atoms with Gasteiger partial charge in [-0.15, -0.1) is 0 Å². The van der Waals surface area contributed by atoms with Gasteiger partial charge >= 0.3 is 0 Å². The van der Waals surface area contributed by atoms with E-state index in [0.29, 0.717) is 16.4 Å². The van der Waals surface area contributed by atoms with Crippen LogP contribution < -0.4 is 11.1 Å². The van der Waals surface area contributed by atoms with Crippen molar-refractivity contribution in [1.29, 1.82) is 0 Å². The van der Waals surface area contributed by atoms with Gasteiger partial charge in [-0.05, 0) is 59.0 Å². The number of nitrogens with two attached hydrogens (primary N) is 1. The predicted octanol–water partition coefficient (Wildman–Crippen LogP) is 3.48. The van der Waals surface area contributed by atoms with Crippen LogP contribution in [0.15, 0.2) is 36.4 Å². The molecule has 19 heavy (non-hydrogen) atoms. The van der Waals surface area contributed by atoms with Crippen LogP contribution in [0.1, 0.15) is 10.4 Å². The van der Waals surface area contributed by atoms with Crippen molar-refractivity contribution in [3.05, 3.63) is 50.6 Å². The number of halogens is 2. The van der Waals surface area contributed by atoms with Crippen LogP contribution in [-0.4, -0.2) is 11.0 Å².